The maximum Gasteiger partial charge on any atom is 0.0128 e. The van der Waals surface area contributed by atoms with Crippen molar-refractivity contribution in [3.05, 3.63) is 0 Å². The van der Waals surface area contributed by atoms with Gasteiger partial charge in [0, 0.05) is 13.1 Å². The third kappa shape index (κ3) is 1.46. The topological polar surface area (TPSA) is 24.1 Å². The van der Waals surface area contributed by atoms with Crippen LogP contribution in [0.4, 0.5) is 0 Å². The smallest absolute Gasteiger partial charge is 0.0128 e. The van der Waals surface area contributed by atoms with Gasteiger partial charge in [-0.1, -0.05) is 13.3 Å². The highest BCUT2D eigenvalue weighted by atomic mass is 15.4. The van der Waals surface area contributed by atoms with Gasteiger partial charge >= 0.3 is 0 Å². The largest absolute Gasteiger partial charge is 0.258 e. The number of hydrogen-bond acceptors (Lipinski definition) is 2. The Morgan fingerprint density at radius 2 is 2.38 bits per heavy atom. The molecule has 0 amide bonds. The van der Waals surface area contributed by atoms with Crippen LogP contribution in [0.25, 0.3) is 0 Å². The minimum absolute atomic E-state index is 0.913. The summed E-state index contributed by atoms with van der Waals surface area (Å²) in [5.74, 6) is 0.913. The maximum absolute atomic E-state index is 3.14. The molecule has 1 saturated heterocycles. The second kappa shape index (κ2) is 3.05. The van der Waals surface area contributed by atoms with E-state index >= 15 is 0 Å². The molecule has 48 valence electrons. The number of rotatable bonds is 1. The Hall–Kier alpha value is -0.0800. The molecular formula is C6H14N2. The van der Waals surface area contributed by atoms with Gasteiger partial charge in [0.15, 0.2) is 0 Å². The fraction of sp³-hybridized carbons (Fsp3) is 1.00. The molecule has 2 nitrogen and oxygen atoms in total. The van der Waals surface area contributed by atoms with E-state index in [-0.39, 0.29) is 0 Å². The Balaban J connectivity index is 2.13. The van der Waals surface area contributed by atoms with Crippen molar-refractivity contribution in [2.45, 2.75) is 19.8 Å². The van der Waals surface area contributed by atoms with E-state index in [1.807, 2.05) is 0 Å². The summed E-state index contributed by atoms with van der Waals surface area (Å²) >= 11 is 0. The molecule has 8 heavy (non-hydrogen) atoms. The zero-order valence-electron chi connectivity index (χ0n) is 5.41. The summed E-state index contributed by atoms with van der Waals surface area (Å²) in [5, 5.41) is 0. The molecule has 1 heterocycles. The lowest BCUT2D eigenvalue weighted by Gasteiger charge is -2.21. The van der Waals surface area contributed by atoms with Crippen LogP contribution in [0.5, 0.6) is 0 Å². The SMILES string of the molecule is CC[C@H]1CCNNC1. The monoisotopic (exact) mass is 114 g/mol. The molecular weight excluding hydrogens is 100 g/mol. The van der Waals surface area contributed by atoms with E-state index in [1.165, 1.54) is 12.8 Å². The van der Waals surface area contributed by atoms with Crippen LogP contribution in [-0.4, -0.2) is 13.1 Å². The van der Waals surface area contributed by atoms with Crippen molar-refractivity contribution in [1.82, 2.24) is 10.9 Å². The molecule has 1 rings (SSSR count). The Kier molecular flexibility index (Phi) is 2.30. The van der Waals surface area contributed by atoms with Crippen LogP contribution in [0, 0.1) is 5.92 Å². The van der Waals surface area contributed by atoms with Crippen LogP contribution >= 0.6 is 0 Å². The van der Waals surface area contributed by atoms with E-state index < -0.39 is 0 Å². The molecule has 0 aromatic rings. The summed E-state index contributed by atoms with van der Waals surface area (Å²) in [6.45, 7) is 4.53. The molecule has 1 aliphatic rings. The molecule has 0 aromatic carbocycles. The lowest BCUT2D eigenvalue weighted by Crippen LogP contribution is -2.42. The van der Waals surface area contributed by atoms with E-state index in [2.05, 4.69) is 17.8 Å². The second-order valence-electron chi connectivity index (χ2n) is 2.37. The van der Waals surface area contributed by atoms with Crippen LogP contribution < -0.4 is 10.9 Å². The minimum Gasteiger partial charge on any atom is -0.258 e. The van der Waals surface area contributed by atoms with Crippen molar-refractivity contribution in [2.75, 3.05) is 13.1 Å². The van der Waals surface area contributed by atoms with E-state index in [0.29, 0.717) is 0 Å². The zero-order valence-corrected chi connectivity index (χ0v) is 5.41. The predicted octanol–water partition coefficient (Wildman–Crippen LogP) is 0.511. The van der Waals surface area contributed by atoms with E-state index in [1.54, 1.807) is 0 Å². The van der Waals surface area contributed by atoms with Gasteiger partial charge in [0.25, 0.3) is 0 Å². The van der Waals surface area contributed by atoms with Gasteiger partial charge in [-0.25, -0.2) is 0 Å². The standard InChI is InChI=1S/C6H14N2/c1-2-6-3-4-7-8-5-6/h6-8H,2-5H2,1H3/t6-/m0/s1. The Bertz CT molecular complexity index is 57.5. The molecule has 2 N–H and O–H groups in total. The minimum atomic E-state index is 0.913. The van der Waals surface area contributed by atoms with Crippen LogP contribution in [0.2, 0.25) is 0 Å². The summed E-state index contributed by atoms with van der Waals surface area (Å²) in [5.41, 5.74) is 6.23. The zero-order chi connectivity index (χ0) is 5.82. The average molecular weight is 114 g/mol. The van der Waals surface area contributed by atoms with Gasteiger partial charge in [-0.15, -0.1) is 0 Å². The van der Waals surface area contributed by atoms with E-state index in [0.717, 1.165) is 19.0 Å². The van der Waals surface area contributed by atoms with Crippen molar-refractivity contribution in [1.29, 1.82) is 0 Å². The summed E-state index contributed by atoms with van der Waals surface area (Å²) in [4.78, 5) is 0. The van der Waals surface area contributed by atoms with Crippen molar-refractivity contribution < 1.29 is 0 Å². The molecule has 0 radical (unpaired) electrons. The lowest BCUT2D eigenvalue weighted by molar-refractivity contribution is 0.328. The molecule has 1 aliphatic heterocycles. The summed E-state index contributed by atoms with van der Waals surface area (Å²) in [6.07, 6.45) is 2.65. The maximum atomic E-state index is 3.14. The first kappa shape index (κ1) is 6.05. The third-order valence-electron chi connectivity index (χ3n) is 1.77. The van der Waals surface area contributed by atoms with Crippen LogP contribution in [0.1, 0.15) is 19.8 Å². The normalized spacial score (nSPS) is 30.4. The van der Waals surface area contributed by atoms with Crippen molar-refractivity contribution in [2.24, 2.45) is 5.92 Å². The average Bonchev–Trinajstić information content (AvgIpc) is 1.90. The molecule has 0 aromatic heterocycles. The lowest BCUT2D eigenvalue weighted by atomic mass is 10.0. The fourth-order valence-corrected chi connectivity index (χ4v) is 1.03. The van der Waals surface area contributed by atoms with Crippen molar-refractivity contribution in [3.63, 3.8) is 0 Å². The second-order valence-corrected chi connectivity index (χ2v) is 2.37. The Morgan fingerprint density at radius 3 is 2.75 bits per heavy atom. The van der Waals surface area contributed by atoms with Gasteiger partial charge in [0.1, 0.15) is 0 Å². The van der Waals surface area contributed by atoms with Gasteiger partial charge in [-0.3, -0.25) is 10.9 Å². The third-order valence-corrected chi connectivity index (χ3v) is 1.77. The first-order valence-electron chi connectivity index (χ1n) is 3.39. The number of hydrazine groups is 1. The van der Waals surface area contributed by atoms with E-state index in [9.17, 15) is 0 Å². The van der Waals surface area contributed by atoms with Gasteiger partial charge < -0.3 is 0 Å². The molecule has 0 bridgehead atoms. The van der Waals surface area contributed by atoms with Crippen LogP contribution in [-0.2, 0) is 0 Å². The Labute approximate surface area is 50.6 Å². The highest BCUT2D eigenvalue weighted by molar-refractivity contribution is 4.64. The summed E-state index contributed by atoms with van der Waals surface area (Å²) in [6, 6.07) is 0. The highest BCUT2D eigenvalue weighted by Gasteiger charge is 2.08. The highest BCUT2D eigenvalue weighted by Crippen LogP contribution is 2.06. The molecule has 1 atom stereocenters. The molecule has 0 spiro atoms. The van der Waals surface area contributed by atoms with Crippen molar-refractivity contribution >= 4 is 0 Å². The van der Waals surface area contributed by atoms with Crippen molar-refractivity contribution in [3.8, 4) is 0 Å². The first-order valence-corrected chi connectivity index (χ1v) is 3.39. The predicted molar refractivity (Wildman–Crippen MR) is 34.4 cm³/mol. The van der Waals surface area contributed by atoms with Crippen LogP contribution in [0.3, 0.4) is 0 Å². The number of nitrogens with one attached hydrogen (secondary N) is 2. The molecule has 2 heteroatoms. The van der Waals surface area contributed by atoms with Gasteiger partial charge in [-0.05, 0) is 12.3 Å². The van der Waals surface area contributed by atoms with Gasteiger partial charge in [0.05, 0.1) is 0 Å². The quantitative estimate of drug-likeness (QED) is 0.519. The van der Waals surface area contributed by atoms with Gasteiger partial charge in [0.2, 0.25) is 0 Å². The Morgan fingerprint density at radius 1 is 1.50 bits per heavy atom. The van der Waals surface area contributed by atoms with E-state index in [4.69, 9.17) is 0 Å². The summed E-state index contributed by atoms with van der Waals surface area (Å²) in [7, 11) is 0. The molecule has 0 aliphatic carbocycles. The molecule has 0 unspecified atom stereocenters. The molecule has 0 saturated carbocycles. The fourth-order valence-electron chi connectivity index (χ4n) is 1.03. The first-order chi connectivity index (χ1) is 3.93. The number of hydrogen-bond donors (Lipinski definition) is 2. The van der Waals surface area contributed by atoms with Gasteiger partial charge in [-0.2, -0.15) is 0 Å². The molecule has 1 fully saturated rings. The summed E-state index contributed by atoms with van der Waals surface area (Å²) < 4.78 is 0. The van der Waals surface area contributed by atoms with Crippen LogP contribution in [0.15, 0.2) is 0 Å².